The predicted octanol–water partition coefficient (Wildman–Crippen LogP) is 4.86. The molecule has 0 radical (unpaired) electrons. The van der Waals surface area contributed by atoms with Crippen molar-refractivity contribution in [3.8, 4) is 0 Å². The number of hydrogen-bond acceptors (Lipinski definition) is 4. The van der Waals surface area contributed by atoms with Crippen LogP contribution < -0.4 is 16.2 Å². The normalized spacial score (nSPS) is 10.7. The highest BCUT2D eigenvalue weighted by Crippen LogP contribution is 2.23. The van der Waals surface area contributed by atoms with Crippen LogP contribution in [0.5, 0.6) is 0 Å². The Kier molecular flexibility index (Phi) is 6.25. The third kappa shape index (κ3) is 5.59. The molecule has 0 aliphatic heterocycles. The van der Waals surface area contributed by atoms with Crippen LogP contribution >= 0.6 is 23.2 Å². The molecule has 0 aliphatic rings. The zero-order valence-electron chi connectivity index (χ0n) is 16.2. The molecule has 1 aromatic heterocycles. The maximum atomic E-state index is 12.5. The molecule has 1 heterocycles. The van der Waals surface area contributed by atoms with Crippen LogP contribution in [0.25, 0.3) is 0 Å². The van der Waals surface area contributed by atoms with Gasteiger partial charge in [-0.3, -0.25) is 14.2 Å². The summed E-state index contributed by atoms with van der Waals surface area (Å²) in [7, 11) is 0. The number of aromatic nitrogens is 2. The molecule has 6 nitrogen and oxygen atoms in total. The Labute approximate surface area is 178 Å². The minimum atomic E-state index is -0.403. The molecule has 0 aliphatic carbocycles. The van der Waals surface area contributed by atoms with E-state index in [4.69, 9.17) is 23.2 Å². The van der Waals surface area contributed by atoms with Crippen molar-refractivity contribution in [1.29, 1.82) is 0 Å². The van der Waals surface area contributed by atoms with Crippen molar-refractivity contribution in [2.75, 3.05) is 10.6 Å². The first-order valence-corrected chi connectivity index (χ1v) is 9.65. The molecule has 29 heavy (non-hydrogen) atoms. The lowest BCUT2D eigenvalue weighted by atomic mass is 10.1. The minimum Gasteiger partial charge on any atom is -0.325 e. The Balaban J connectivity index is 1.88. The average Bonchev–Trinajstić information content (AvgIpc) is 2.56. The fourth-order valence-electron chi connectivity index (χ4n) is 3.01. The largest absolute Gasteiger partial charge is 0.325 e. The molecule has 3 aromatic rings. The van der Waals surface area contributed by atoms with Gasteiger partial charge in [-0.25, -0.2) is 4.98 Å². The Hall–Kier alpha value is -2.83. The monoisotopic (exact) mass is 430 g/mol. The SMILES string of the molecule is Cc1cc(C)cc(Nc2nc(C)cc(=O)n2CC(=O)Nc2cc(Cl)cc(Cl)c2)c1. The second-order valence-corrected chi connectivity index (χ2v) is 7.73. The quantitative estimate of drug-likeness (QED) is 0.605. The summed E-state index contributed by atoms with van der Waals surface area (Å²) in [4.78, 5) is 29.5. The lowest BCUT2D eigenvalue weighted by molar-refractivity contribution is -0.116. The standard InChI is InChI=1S/C21H20Cl2N4O2/c1-12-4-13(2)6-17(5-12)26-21-24-14(3)7-20(29)27(21)11-19(28)25-18-9-15(22)8-16(23)10-18/h4-10H,11H2,1-3H3,(H,24,26)(H,25,28). The molecular weight excluding hydrogens is 411 g/mol. The molecule has 2 aromatic carbocycles. The number of nitrogens with zero attached hydrogens (tertiary/aromatic N) is 2. The third-order valence-electron chi connectivity index (χ3n) is 4.06. The number of anilines is 3. The first kappa shape index (κ1) is 20.9. The van der Waals surface area contributed by atoms with E-state index in [1.165, 1.54) is 10.6 Å². The third-order valence-corrected chi connectivity index (χ3v) is 4.50. The number of halogens is 2. The van der Waals surface area contributed by atoms with Crippen LogP contribution in [0.15, 0.2) is 47.3 Å². The van der Waals surface area contributed by atoms with E-state index < -0.39 is 5.91 Å². The van der Waals surface area contributed by atoms with Crippen LogP contribution in [0.1, 0.15) is 16.8 Å². The number of hydrogen-bond donors (Lipinski definition) is 2. The summed E-state index contributed by atoms with van der Waals surface area (Å²) < 4.78 is 1.28. The predicted molar refractivity (Wildman–Crippen MR) is 118 cm³/mol. The van der Waals surface area contributed by atoms with Gasteiger partial charge < -0.3 is 10.6 Å². The van der Waals surface area contributed by atoms with Crippen LogP contribution in [0.3, 0.4) is 0 Å². The van der Waals surface area contributed by atoms with E-state index in [1.807, 2.05) is 32.0 Å². The highest BCUT2D eigenvalue weighted by atomic mass is 35.5. The molecule has 8 heteroatoms. The van der Waals surface area contributed by atoms with E-state index in [9.17, 15) is 9.59 Å². The molecule has 150 valence electrons. The summed E-state index contributed by atoms with van der Waals surface area (Å²) in [5.41, 5.74) is 3.61. The first-order valence-electron chi connectivity index (χ1n) is 8.89. The number of carbonyl (C=O) groups excluding carboxylic acids is 1. The smallest absolute Gasteiger partial charge is 0.255 e. The van der Waals surface area contributed by atoms with Gasteiger partial charge in [-0.05, 0) is 62.2 Å². The van der Waals surface area contributed by atoms with Gasteiger partial charge in [0, 0.05) is 33.2 Å². The summed E-state index contributed by atoms with van der Waals surface area (Å²) in [6.45, 7) is 5.48. The van der Waals surface area contributed by atoms with Crippen molar-refractivity contribution in [3.05, 3.63) is 79.7 Å². The second-order valence-electron chi connectivity index (χ2n) is 6.85. The van der Waals surface area contributed by atoms with Crippen molar-refractivity contribution in [2.24, 2.45) is 0 Å². The van der Waals surface area contributed by atoms with Gasteiger partial charge in [-0.1, -0.05) is 29.3 Å². The van der Waals surface area contributed by atoms with E-state index in [-0.39, 0.29) is 12.1 Å². The summed E-state index contributed by atoms with van der Waals surface area (Å²) in [6.07, 6.45) is 0. The van der Waals surface area contributed by atoms with E-state index >= 15 is 0 Å². The molecule has 0 atom stereocenters. The van der Waals surface area contributed by atoms with Crippen LogP contribution in [0.4, 0.5) is 17.3 Å². The van der Waals surface area contributed by atoms with Crippen LogP contribution in [0, 0.1) is 20.8 Å². The van der Waals surface area contributed by atoms with Crippen LogP contribution in [-0.2, 0) is 11.3 Å². The summed E-state index contributed by atoms with van der Waals surface area (Å²) in [5, 5.41) is 6.66. The molecule has 0 unspecified atom stereocenters. The number of amides is 1. The number of carbonyl (C=O) groups is 1. The van der Waals surface area contributed by atoms with Crippen molar-refractivity contribution in [1.82, 2.24) is 9.55 Å². The van der Waals surface area contributed by atoms with Gasteiger partial charge in [0.05, 0.1) is 0 Å². The number of aryl methyl sites for hydroxylation is 3. The topological polar surface area (TPSA) is 76.0 Å². The van der Waals surface area contributed by atoms with E-state index in [1.54, 1.807) is 25.1 Å². The summed E-state index contributed by atoms with van der Waals surface area (Å²) in [6, 6.07) is 12.0. The highest BCUT2D eigenvalue weighted by molar-refractivity contribution is 6.35. The molecular formula is C21H20Cl2N4O2. The van der Waals surface area contributed by atoms with Gasteiger partial charge in [0.2, 0.25) is 11.9 Å². The lowest BCUT2D eigenvalue weighted by Gasteiger charge is -2.15. The molecule has 2 N–H and O–H groups in total. The molecule has 3 rings (SSSR count). The van der Waals surface area contributed by atoms with Crippen molar-refractivity contribution >= 4 is 46.4 Å². The Bertz CT molecular complexity index is 1100. The average molecular weight is 431 g/mol. The van der Waals surface area contributed by atoms with Crippen LogP contribution in [0.2, 0.25) is 10.0 Å². The Morgan fingerprint density at radius 3 is 2.17 bits per heavy atom. The number of nitrogens with one attached hydrogen (secondary N) is 2. The van der Waals surface area contributed by atoms with E-state index in [2.05, 4.69) is 15.6 Å². The summed E-state index contributed by atoms with van der Waals surface area (Å²) in [5.74, 6) is -0.112. The zero-order chi connectivity index (χ0) is 21.1. The minimum absolute atomic E-state index is 0.219. The Morgan fingerprint density at radius 1 is 0.931 bits per heavy atom. The van der Waals surface area contributed by atoms with Crippen molar-refractivity contribution < 1.29 is 4.79 Å². The highest BCUT2D eigenvalue weighted by Gasteiger charge is 2.13. The molecule has 0 saturated carbocycles. The number of benzene rings is 2. The molecule has 0 saturated heterocycles. The van der Waals surface area contributed by atoms with Crippen molar-refractivity contribution in [2.45, 2.75) is 27.3 Å². The van der Waals surface area contributed by atoms with E-state index in [0.29, 0.717) is 27.4 Å². The maximum absolute atomic E-state index is 12.5. The van der Waals surface area contributed by atoms with Gasteiger partial charge >= 0.3 is 0 Å². The number of rotatable bonds is 5. The molecule has 0 fully saturated rings. The maximum Gasteiger partial charge on any atom is 0.255 e. The van der Waals surface area contributed by atoms with Crippen LogP contribution in [-0.4, -0.2) is 15.5 Å². The van der Waals surface area contributed by atoms with Gasteiger partial charge in [0.1, 0.15) is 6.54 Å². The first-order chi connectivity index (χ1) is 13.7. The molecule has 0 bridgehead atoms. The van der Waals surface area contributed by atoms with Gasteiger partial charge in [0.25, 0.3) is 5.56 Å². The zero-order valence-corrected chi connectivity index (χ0v) is 17.7. The molecule has 0 spiro atoms. The Morgan fingerprint density at radius 2 is 1.55 bits per heavy atom. The van der Waals surface area contributed by atoms with E-state index in [0.717, 1.165) is 16.8 Å². The van der Waals surface area contributed by atoms with Crippen molar-refractivity contribution in [3.63, 3.8) is 0 Å². The van der Waals surface area contributed by atoms with Gasteiger partial charge in [-0.15, -0.1) is 0 Å². The second kappa shape index (κ2) is 8.68. The van der Waals surface area contributed by atoms with Gasteiger partial charge in [-0.2, -0.15) is 0 Å². The summed E-state index contributed by atoms with van der Waals surface area (Å²) >= 11 is 11.9. The fraction of sp³-hybridized carbons (Fsp3) is 0.190. The molecule has 1 amide bonds. The van der Waals surface area contributed by atoms with Gasteiger partial charge in [0.15, 0.2) is 0 Å². The fourth-order valence-corrected chi connectivity index (χ4v) is 3.54. The lowest BCUT2D eigenvalue weighted by Crippen LogP contribution is -2.30.